The summed E-state index contributed by atoms with van der Waals surface area (Å²) in [5, 5.41) is 3.42. The van der Waals surface area contributed by atoms with Crippen LogP contribution < -0.4 is 15.5 Å². The average molecular weight is 481 g/mol. The van der Waals surface area contributed by atoms with Gasteiger partial charge in [0.1, 0.15) is 16.2 Å². The predicted octanol–water partition coefficient (Wildman–Crippen LogP) is 0.862. The van der Waals surface area contributed by atoms with Gasteiger partial charge in [-0.1, -0.05) is 6.92 Å². The molecule has 180 valence electrons. The van der Waals surface area contributed by atoms with E-state index in [0.29, 0.717) is 23.8 Å². The molecule has 3 fully saturated rings. The predicted molar refractivity (Wildman–Crippen MR) is 116 cm³/mol. The molecule has 33 heavy (non-hydrogen) atoms. The smallest absolute Gasteiger partial charge is 0.344 e. The first-order valence-corrected chi connectivity index (χ1v) is 12.4. The van der Waals surface area contributed by atoms with Crippen LogP contribution in [0.1, 0.15) is 43.0 Å². The van der Waals surface area contributed by atoms with Crippen LogP contribution in [-0.2, 0) is 19.6 Å². The highest BCUT2D eigenvalue weighted by Gasteiger charge is 2.53. The highest BCUT2D eigenvalue weighted by atomic mass is 32.2. The average Bonchev–Trinajstić information content (AvgIpc) is 3.05. The van der Waals surface area contributed by atoms with E-state index in [4.69, 9.17) is 9.47 Å². The molecule has 2 aliphatic heterocycles. The van der Waals surface area contributed by atoms with Crippen molar-refractivity contribution in [1.29, 1.82) is 0 Å². The lowest BCUT2D eigenvalue weighted by molar-refractivity contribution is -0.134. The fraction of sp³-hybridized carbons (Fsp3) is 0.571. The number of carbonyl (C=O) groups is 3. The molecule has 0 bridgehead atoms. The van der Waals surface area contributed by atoms with Crippen molar-refractivity contribution in [2.24, 2.45) is 5.92 Å². The Labute approximate surface area is 192 Å². The summed E-state index contributed by atoms with van der Waals surface area (Å²) in [6.45, 7) is 3.01. The lowest BCUT2D eigenvalue weighted by atomic mass is 9.77. The summed E-state index contributed by atoms with van der Waals surface area (Å²) in [7, 11) is -2.61. The maximum Gasteiger partial charge on any atom is 0.344 e. The maximum atomic E-state index is 13.1. The number of methoxy groups -OCH3 is 1. The van der Waals surface area contributed by atoms with Gasteiger partial charge in [0.25, 0.3) is 11.8 Å². The molecule has 1 aromatic carbocycles. The SMILES string of the molecule is COc1ccc(C(=O)NN2C(=O)NC3(CCC(C)CC3)C2=O)cc1S(=O)(=O)N1CCOCC1. The van der Waals surface area contributed by atoms with Crippen LogP contribution in [0.3, 0.4) is 0 Å². The molecule has 1 aliphatic carbocycles. The van der Waals surface area contributed by atoms with Gasteiger partial charge < -0.3 is 14.8 Å². The van der Waals surface area contributed by atoms with Gasteiger partial charge in [-0.15, -0.1) is 0 Å². The van der Waals surface area contributed by atoms with Crippen molar-refractivity contribution in [2.45, 2.75) is 43.0 Å². The van der Waals surface area contributed by atoms with Gasteiger partial charge in [-0.2, -0.15) is 9.31 Å². The van der Waals surface area contributed by atoms with Crippen molar-refractivity contribution in [2.75, 3.05) is 33.4 Å². The third kappa shape index (κ3) is 4.30. The van der Waals surface area contributed by atoms with E-state index in [9.17, 15) is 22.8 Å². The molecule has 0 unspecified atom stereocenters. The van der Waals surface area contributed by atoms with Crippen LogP contribution in [0.2, 0.25) is 0 Å². The first-order valence-electron chi connectivity index (χ1n) is 10.9. The largest absolute Gasteiger partial charge is 0.495 e. The molecule has 0 atom stereocenters. The fourth-order valence-electron chi connectivity index (χ4n) is 4.43. The Morgan fingerprint density at radius 1 is 1.21 bits per heavy atom. The molecule has 3 aliphatic rings. The van der Waals surface area contributed by atoms with Gasteiger partial charge in [0.15, 0.2) is 0 Å². The zero-order valence-corrected chi connectivity index (χ0v) is 19.4. The molecule has 1 saturated carbocycles. The van der Waals surface area contributed by atoms with Gasteiger partial charge in [-0.25, -0.2) is 13.2 Å². The summed E-state index contributed by atoms with van der Waals surface area (Å²) in [6, 6.07) is 3.24. The Balaban J connectivity index is 1.56. The zero-order valence-electron chi connectivity index (χ0n) is 18.6. The minimum absolute atomic E-state index is 0.0264. The Kier molecular flexibility index (Phi) is 6.34. The van der Waals surface area contributed by atoms with Crippen molar-refractivity contribution < 1.29 is 32.3 Å². The molecule has 4 rings (SSSR count). The first kappa shape index (κ1) is 23.5. The number of benzene rings is 1. The van der Waals surface area contributed by atoms with Crippen LogP contribution in [-0.4, -0.2) is 74.5 Å². The standard InChI is InChI=1S/C21H28N4O7S/c1-14-5-7-21(8-6-14)19(27)25(20(28)22-21)23-18(26)15-3-4-16(31-2)17(13-15)33(29,30)24-9-11-32-12-10-24/h3-4,13-14H,5-12H2,1-2H3,(H,22,28)(H,23,26). The van der Waals surface area contributed by atoms with Crippen LogP contribution in [0.15, 0.2) is 23.1 Å². The molecule has 1 aromatic rings. The number of amides is 4. The van der Waals surface area contributed by atoms with E-state index >= 15 is 0 Å². The summed E-state index contributed by atoms with van der Waals surface area (Å²) in [6.07, 6.45) is 2.62. The number of imide groups is 1. The van der Waals surface area contributed by atoms with Gasteiger partial charge in [-0.05, 0) is 49.8 Å². The van der Waals surface area contributed by atoms with Crippen LogP contribution >= 0.6 is 0 Å². The molecule has 1 spiro atoms. The summed E-state index contributed by atoms with van der Waals surface area (Å²) >= 11 is 0. The number of morpholine rings is 1. The van der Waals surface area contributed by atoms with Crippen molar-refractivity contribution in [3.8, 4) is 5.75 Å². The lowest BCUT2D eigenvalue weighted by Crippen LogP contribution is -2.51. The van der Waals surface area contributed by atoms with Gasteiger partial charge in [0, 0.05) is 18.7 Å². The number of ether oxygens (including phenoxy) is 2. The maximum absolute atomic E-state index is 13.1. The van der Waals surface area contributed by atoms with Crippen molar-refractivity contribution in [3.05, 3.63) is 23.8 Å². The molecule has 0 radical (unpaired) electrons. The number of nitrogens with zero attached hydrogens (tertiary/aromatic N) is 2. The van der Waals surface area contributed by atoms with Gasteiger partial charge in [-0.3, -0.25) is 15.0 Å². The Morgan fingerprint density at radius 3 is 2.52 bits per heavy atom. The molecular weight excluding hydrogens is 452 g/mol. The second kappa shape index (κ2) is 8.92. The Hall–Kier alpha value is -2.70. The number of hydrazine groups is 1. The number of sulfonamides is 1. The van der Waals surface area contributed by atoms with E-state index in [1.54, 1.807) is 0 Å². The third-order valence-corrected chi connectivity index (χ3v) is 8.44. The molecule has 11 nitrogen and oxygen atoms in total. The van der Waals surface area contributed by atoms with Crippen LogP contribution in [0.4, 0.5) is 4.79 Å². The van der Waals surface area contributed by atoms with Gasteiger partial charge >= 0.3 is 6.03 Å². The van der Waals surface area contributed by atoms with E-state index in [2.05, 4.69) is 17.7 Å². The van der Waals surface area contributed by atoms with Gasteiger partial charge in [0.2, 0.25) is 10.0 Å². The second-order valence-corrected chi connectivity index (χ2v) is 10.6. The topological polar surface area (TPSA) is 134 Å². The van der Waals surface area contributed by atoms with Crippen molar-refractivity contribution in [1.82, 2.24) is 20.1 Å². The number of carbonyl (C=O) groups excluding carboxylic acids is 3. The molecule has 2 saturated heterocycles. The third-order valence-electron chi connectivity index (χ3n) is 6.52. The highest BCUT2D eigenvalue weighted by Crippen LogP contribution is 2.36. The quantitative estimate of drug-likeness (QED) is 0.597. The van der Waals surface area contributed by atoms with Gasteiger partial charge in [0.05, 0.1) is 20.3 Å². The number of hydrogen-bond donors (Lipinski definition) is 2. The number of rotatable bonds is 5. The van der Waals surface area contributed by atoms with Crippen LogP contribution in [0, 0.1) is 5.92 Å². The first-order chi connectivity index (χ1) is 15.7. The summed E-state index contributed by atoms with van der Waals surface area (Å²) in [5.74, 6) is -0.721. The molecule has 12 heteroatoms. The molecule has 0 aromatic heterocycles. The molecule has 4 amide bonds. The number of urea groups is 1. The normalized spacial score (nSPS) is 26.4. The van der Waals surface area contributed by atoms with Crippen molar-refractivity contribution in [3.63, 3.8) is 0 Å². The minimum atomic E-state index is -3.95. The van der Waals surface area contributed by atoms with E-state index in [-0.39, 0.29) is 42.5 Å². The van der Waals surface area contributed by atoms with E-state index in [0.717, 1.165) is 12.8 Å². The minimum Gasteiger partial charge on any atom is -0.495 e. The van der Waals surface area contributed by atoms with Crippen LogP contribution in [0.25, 0.3) is 0 Å². The number of hydrogen-bond acceptors (Lipinski definition) is 7. The molecular formula is C21H28N4O7S. The number of nitrogens with one attached hydrogen (secondary N) is 2. The monoisotopic (exact) mass is 480 g/mol. The Bertz CT molecular complexity index is 1060. The summed E-state index contributed by atoms with van der Waals surface area (Å²) in [5.41, 5.74) is 1.31. The lowest BCUT2D eigenvalue weighted by Gasteiger charge is -2.33. The molecule has 2 heterocycles. The zero-order chi connectivity index (χ0) is 23.8. The molecule has 2 N–H and O–H groups in total. The second-order valence-electron chi connectivity index (χ2n) is 8.66. The van der Waals surface area contributed by atoms with Crippen molar-refractivity contribution >= 4 is 27.9 Å². The van der Waals surface area contributed by atoms with E-state index in [1.165, 1.54) is 29.6 Å². The fourth-order valence-corrected chi connectivity index (χ4v) is 6.02. The van der Waals surface area contributed by atoms with E-state index < -0.39 is 33.4 Å². The Morgan fingerprint density at radius 2 is 1.88 bits per heavy atom. The summed E-state index contributed by atoms with van der Waals surface area (Å²) < 4.78 is 38.0. The summed E-state index contributed by atoms with van der Waals surface area (Å²) in [4.78, 5) is 38.2. The van der Waals surface area contributed by atoms with Crippen LogP contribution in [0.5, 0.6) is 5.75 Å². The highest BCUT2D eigenvalue weighted by molar-refractivity contribution is 7.89. The van der Waals surface area contributed by atoms with E-state index in [1.807, 2.05) is 0 Å².